The highest BCUT2D eigenvalue weighted by molar-refractivity contribution is 5.85. The van der Waals surface area contributed by atoms with Gasteiger partial charge in [0, 0.05) is 17.8 Å². The number of fused-ring (bicyclic) bond motifs is 3. The molecule has 2 heterocycles. The Bertz CT molecular complexity index is 759. The predicted molar refractivity (Wildman–Crippen MR) is 85.7 cm³/mol. The molecule has 0 radical (unpaired) electrons. The van der Waals surface area contributed by atoms with Crippen molar-refractivity contribution < 1.29 is 14.3 Å². The molecule has 23 heavy (non-hydrogen) atoms. The molecule has 1 unspecified atom stereocenters. The van der Waals surface area contributed by atoms with E-state index in [1.807, 2.05) is 18.2 Å². The van der Waals surface area contributed by atoms with Crippen LogP contribution in [0.3, 0.4) is 0 Å². The monoisotopic (exact) mass is 312 g/mol. The van der Waals surface area contributed by atoms with Crippen LogP contribution < -0.4 is 0 Å². The quantitative estimate of drug-likeness (QED) is 0.679. The summed E-state index contributed by atoms with van der Waals surface area (Å²) < 4.78 is 11.1. The van der Waals surface area contributed by atoms with Crippen LogP contribution in [0.5, 0.6) is 0 Å². The third-order valence-corrected chi connectivity index (χ3v) is 4.39. The maximum atomic E-state index is 10.9. The fraction of sp³-hybridized carbons (Fsp3) is 0.444. The third-order valence-electron chi connectivity index (χ3n) is 4.39. The van der Waals surface area contributed by atoms with Crippen LogP contribution in [0.15, 0.2) is 24.3 Å². The summed E-state index contributed by atoms with van der Waals surface area (Å²) in [5.74, 6) is -0.282. The first-order valence-electron chi connectivity index (χ1n) is 7.90. The van der Waals surface area contributed by atoms with Gasteiger partial charge in [-0.1, -0.05) is 18.2 Å². The van der Waals surface area contributed by atoms with Crippen molar-refractivity contribution in [3.63, 3.8) is 0 Å². The number of aromatic nitrogens is 1. The molecular weight excluding hydrogens is 292 g/mol. The number of carbonyl (C=O) groups excluding carboxylic acids is 1. The van der Waals surface area contributed by atoms with Crippen LogP contribution in [-0.2, 0) is 26.3 Å². The molecule has 120 valence electrons. The molecule has 1 aliphatic rings. The highest BCUT2D eigenvalue weighted by atomic mass is 16.5. The van der Waals surface area contributed by atoms with Crippen molar-refractivity contribution in [2.24, 2.45) is 0 Å². The Labute approximate surface area is 135 Å². The lowest BCUT2D eigenvalue weighted by Crippen LogP contribution is -2.36. The first-order valence-corrected chi connectivity index (χ1v) is 7.90. The fourth-order valence-electron chi connectivity index (χ4n) is 3.40. The van der Waals surface area contributed by atoms with E-state index in [1.54, 1.807) is 0 Å². The number of aromatic amines is 1. The maximum absolute atomic E-state index is 10.9. The number of carbonyl (C=O) groups is 1. The molecule has 1 atom stereocenters. The van der Waals surface area contributed by atoms with Crippen molar-refractivity contribution in [1.29, 1.82) is 5.26 Å². The summed E-state index contributed by atoms with van der Waals surface area (Å²) in [6, 6.07) is 10.4. The van der Waals surface area contributed by atoms with Crippen molar-refractivity contribution in [3.05, 3.63) is 35.5 Å². The van der Waals surface area contributed by atoms with E-state index in [-0.39, 0.29) is 12.4 Å². The molecule has 5 heteroatoms. The van der Waals surface area contributed by atoms with Crippen LogP contribution in [0.25, 0.3) is 10.9 Å². The fourth-order valence-corrected chi connectivity index (χ4v) is 3.40. The zero-order valence-corrected chi connectivity index (χ0v) is 13.2. The highest BCUT2D eigenvalue weighted by Crippen LogP contribution is 2.42. The second-order valence-corrected chi connectivity index (χ2v) is 5.90. The van der Waals surface area contributed by atoms with E-state index >= 15 is 0 Å². The number of hydrogen-bond acceptors (Lipinski definition) is 4. The van der Waals surface area contributed by atoms with Gasteiger partial charge in [-0.05, 0) is 30.9 Å². The summed E-state index contributed by atoms with van der Waals surface area (Å²) in [7, 11) is 0. The second kappa shape index (κ2) is 6.43. The van der Waals surface area contributed by atoms with E-state index in [0.717, 1.165) is 17.6 Å². The molecule has 1 aliphatic heterocycles. The van der Waals surface area contributed by atoms with E-state index in [9.17, 15) is 10.1 Å². The van der Waals surface area contributed by atoms with Gasteiger partial charge in [-0.15, -0.1) is 0 Å². The smallest absolute Gasteiger partial charge is 0.302 e. The number of nitriles is 1. The van der Waals surface area contributed by atoms with Crippen molar-refractivity contribution in [2.75, 3.05) is 13.2 Å². The molecule has 1 aromatic heterocycles. The van der Waals surface area contributed by atoms with Crippen molar-refractivity contribution in [2.45, 2.75) is 38.2 Å². The van der Waals surface area contributed by atoms with Gasteiger partial charge in [0.2, 0.25) is 0 Å². The molecule has 0 bridgehead atoms. The average Bonchev–Trinajstić information content (AvgIpc) is 2.92. The molecule has 0 saturated carbocycles. The van der Waals surface area contributed by atoms with Gasteiger partial charge in [0.25, 0.3) is 0 Å². The Balaban J connectivity index is 1.92. The van der Waals surface area contributed by atoms with Gasteiger partial charge >= 0.3 is 5.97 Å². The molecule has 1 N–H and O–H groups in total. The molecule has 3 rings (SSSR count). The summed E-state index contributed by atoms with van der Waals surface area (Å²) in [4.78, 5) is 14.4. The maximum Gasteiger partial charge on any atom is 0.302 e. The number of nitrogens with one attached hydrogen (secondary N) is 1. The van der Waals surface area contributed by atoms with E-state index in [2.05, 4.69) is 17.1 Å². The molecule has 0 spiro atoms. The summed E-state index contributed by atoms with van der Waals surface area (Å²) >= 11 is 0. The molecule has 0 amide bonds. The minimum Gasteiger partial charge on any atom is -0.466 e. The van der Waals surface area contributed by atoms with Gasteiger partial charge < -0.3 is 14.5 Å². The number of para-hydroxylation sites is 1. The van der Waals surface area contributed by atoms with Gasteiger partial charge in [-0.2, -0.15) is 5.26 Å². The van der Waals surface area contributed by atoms with Crippen LogP contribution in [0.4, 0.5) is 0 Å². The Morgan fingerprint density at radius 3 is 3.09 bits per heavy atom. The zero-order valence-electron chi connectivity index (χ0n) is 13.2. The lowest BCUT2D eigenvalue weighted by Gasteiger charge is -2.35. The standard InChI is InChI=1S/C18H20N2O3/c1-13(21)22-11-4-8-18(9-10-19)17-15(7-12-23-18)14-5-2-3-6-16(14)20-17/h2-3,5-6,20H,4,7-9,11-12H2,1H3. The lowest BCUT2D eigenvalue weighted by atomic mass is 9.85. The van der Waals surface area contributed by atoms with Gasteiger partial charge in [-0.25, -0.2) is 0 Å². The minimum atomic E-state index is -0.637. The molecule has 2 aromatic rings. The first kappa shape index (κ1) is 15.6. The molecule has 0 saturated heterocycles. The molecule has 1 aromatic carbocycles. The number of nitrogens with zero attached hydrogens (tertiary/aromatic N) is 1. The van der Waals surface area contributed by atoms with Crippen LogP contribution in [-0.4, -0.2) is 24.2 Å². The normalized spacial score (nSPS) is 20.0. The molecular formula is C18H20N2O3. The molecule has 0 aliphatic carbocycles. The van der Waals surface area contributed by atoms with Gasteiger partial charge in [-0.3, -0.25) is 4.79 Å². The summed E-state index contributed by atoms with van der Waals surface area (Å²) in [6.07, 6.45) is 2.44. The predicted octanol–water partition coefficient (Wildman–Crippen LogP) is 3.19. The SMILES string of the molecule is CC(=O)OCCCC1(CC#N)OCCc2c1[nH]c1ccccc21. The minimum absolute atomic E-state index is 0.282. The number of ether oxygens (including phenoxy) is 2. The summed E-state index contributed by atoms with van der Waals surface area (Å²) in [5, 5.41) is 10.5. The van der Waals surface area contributed by atoms with Crippen LogP contribution in [0, 0.1) is 11.3 Å². The highest BCUT2D eigenvalue weighted by Gasteiger charge is 2.39. The Hall–Kier alpha value is -2.32. The van der Waals surface area contributed by atoms with Gasteiger partial charge in [0.1, 0.15) is 5.60 Å². The van der Waals surface area contributed by atoms with Gasteiger partial charge in [0.05, 0.1) is 31.4 Å². The number of H-pyrrole nitrogens is 1. The second-order valence-electron chi connectivity index (χ2n) is 5.90. The van der Waals surface area contributed by atoms with Crippen LogP contribution in [0.2, 0.25) is 0 Å². The van der Waals surface area contributed by atoms with Crippen molar-refractivity contribution in [3.8, 4) is 6.07 Å². The van der Waals surface area contributed by atoms with Crippen molar-refractivity contribution in [1.82, 2.24) is 4.98 Å². The zero-order chi connectivity index (χ0) is 16.3. The van der Waals surface area contributed by atoms with Gasteiger partial charge in [0.15, 0.2) is 0 Å². The third kappa shape index (κ3) is 2.95. The number of esters is 1. The average molecular weight is 312 g/mol. The van der Waals surface area contributed by atoms with E-state index in [1.165, 1.54) is 17.9 Å². The van der Waals surface area contributed by atoms with Crippen LogP contribution >= 0.6 is 0 Å². The largest absolute Gasteiger partial charge is 0.466 e. The van der Waals surface area contributed by atoms with Crippen molar-refractivity contribution >= 4 is 16.9 Å². The number of hydrogen-bond donors (Lipinski definition) is 1. The molecule has 5 nitrogen and oxygen atoms in total. The van der Waals surface area contributed by atoms with E-state index in [4.69, 9.17) is 9.47 Å². The summed E-state index contributed by atoms with van der Waals surface area (Å²) in [6.45, 7) is 2.35. The Morgan fingerprint density at radius 2 is 2.30 bits per heavy atom. The van der Waals surface area contributed by atoms with E-state index in [0.29, 0.717) is 26.1 Å². The first-order chi connectivity index (χ1) is 11.2. The number of benzene rings is 1. The topological polar surface area (TPSA) is 75.1 Å². The Kier molecular flexibility index (Phi) is 4.35. The van der Waals surface area contributed by atoms with Crippen LogP contribution in [0.1, 0.15) is 37.4 Å². The molecule has 0 fully saturated rings. The lowest BCUT2D eigenvalue weighted by molar-refractivity contribution is -0.141. The Morgan fingerprint density at radius 1 is 1.48 bits per heavy atom. The summed E-state index contributed by atoms with van der Waals surface area (Å²) in [5.41, 5.74) is 2.69. The number of rotatable bonds is 5. The van der Waals surface area contributed by atoms with E-state index < -0.39 is 5.60 Å².